The van der Waals surface area contributed by atoms with Crippen LogP contribution < -0.4 is 10.6 Å². The molecule has 2 heterocycles. The van der Waals surface area contributed by atoms with E-state index >= 15 is 0 Å². The number of anilines is 1. The summed E-state index contributed by atoms with van der Waals surface area (Å²) >= 11 is 12.3. The van der Waals surface area contributed by atoms with Gasteiger partial charge in [0.05, 0.1) is 10.0 Å². The van der Waals surface area contributed by atoms with E-state index in [0.29, 0.717) is 22.0 Å². The smallest absolute Gasteiger partial charge is 0.0598 e. The fourth-order valence-electron chi connectivity index (χ4n) is 3.77. The highest BCUT2D eigenvalue weighted by Gasteiger charge is 2.34. The Morgan fingerprint density at radius 1 is 0.955 bits per heavy atom. The summed E-state index contributed by atoms with van der Waals surface area (Å²) in [6.07, 6.45) is 2.34. The molecule has 0 bridgehead atoms. The lowest BCUT2D eigenvalue weighted by Crippen LogP contribution is -2.21. The molecule has 2 aliphatic rings. The van der Waals surface area contributed by atoms with Crippen molar-refractivity contribution in [3.05, 3.63) is 52.0 Å². The van der Waals surface area contributed by atoms with Crippen LogP contribution in [0.5, 0.6) is 0 Å². The van der Waals surface area contributed by atoms with E-state index in [0.717, 1.165) is 18.7 Å². The minimum Gasteiger partial charge on any atom is -0.381 e. The Morgan fingerprint density at radius 3 is 2.68 bits per heavy atom. The number of rotatable bonds is 1. The maximum atomic E-state index is 6.22. The molecule has 0 saturated carbocycles. The molecule has 1 saturated heterocycles. The zero-order chi connectivity index (χ0) is 15.1. The Hall–Kier alpha value is -1.22. The lowest BCUT2D eigenvalue weighted by Gasteiger charge is -2.18. The maximum Gasteiger partial charge on any atom is 0.0598 e. The van der Waals surface area contributed by atoms with E-state index in [-0.39, 0.29) is 0 Å². The Balaban J connectivity index is 1.82. The van der Waals surface area contributed by atoms with Gasteiger partial charge >= 0.3 is 0 Å². The fraction of sp³-hybridized carbons (Fsp3) is 0.333. The van der Waals surface area contributed by atoms with Crippen LogP contribution in [0.4, 0.5) is 5.69 Å². The molecule has 2 N–H and O–H groups in total. The molecule has 1 fully saturated rings. The molecule has 0 amide bonds. The Labute approximate surface area is 140 Å². The first-order chi connectivity index (χ1) is 10.7. The summed E-state index contributed by atoms with van der Waals surface area (Å²) in [5, 5.41) is 8.43. The van der Waals surface area contributed by atoms with Crippen molar-refractivity contribution >= 4 is 28.9 Å². The van der Waals surface area contributed by atoms with E-state index in [9.17, 15) is 0 Å². The Morgan fingerprint density at radius 2 is 1.82 bits per heavy atom. The minimum absolute atomic E-state index is 0.536. The second-order valence-corrected chi connectivity index (χ2v) is 6.89. The molecule has 0 spiro atoms. The molecule has 0 aliphatic carbocycles. The van der Waals surface area contributed by atoms with Gasteiger partial charge in [0, 0.05) is 17.6 Å². The van der Waals surface area contributed by atoms with Gasteiger partial charge in [0.15, 0.2) is 0 Å². The van der Waals surface area contributed by atoms with Gasteiger partial charge < -0.3 is 10.6 Å². The first kappa shape index (κ1) is 14.4. The molecular formula is C18H18Cl2N2. The highest BCUT2D eigenvalue weighted by Crippen LogP contribution is 2.45. The molecule has 2 aromatic carbocycles. The topological polar surface area (TPSA) is 24.1 Å². The summed E-state index contributed by atoms with van der Waals surface area (Å²) < 4.78 is 0. The van der Waals surface area contributed by atoms with Crippen LogP contribution in [0.2, 0.25) is 10.0 Å². The van der Waals surface area contributed by atoms with E-state index < -0.39 is 0 Å². The van der Waals surface area contributed by atoms with Crippen molar-refractivity contribution in [2.75, 3.05) is 18.4 Å². The summed E-state index contributed by atoms with van der Waals surface area (Å²) in [6, 6.07) is 13.0. The molecule has 22 heavy (non-hydrogen) atoms. The van der Waals surface area contributed by atoms with Gasteiger partial charge in [-0.3, -0.25) is 0 Å². The largest absolute Gasteiger partial charge is 0.381 e. The molecule has 114 valence electrons. The van der Waals surface area contributed by atoms with Crippen LogP contribution in [0, 0.1) is 0 Å². The number of hydrogen-bond donors (Lipinski definition) is 2. The highest BCUT2D eigenvalue weighted by atomic mass is 35.5. The number of hydrogen-bond acceptors (Lipinski definition) is 2. The molecule has 2 aromatic rings. The molecule has 4 heteroatoms. The van der Waals surface area contributed by atoms with Gasteiger partial charge in [0.25, 0.3) is 0 Å². The van der Waals surface area contributed by atoms with Gasteiger partial charge in [-0.15, -0.1) is 0 Å². The maximum absolute atomic E-state index is 6.22. The summed E-state index contributed by atoms with van der Waals surface area (Å²) in [5.74, 6) is 0.565. The van der Waals surface area contributed by atoms with Crippen LogP contribution >= 0.6 is 23.2 Å². The number of benzene rings is 2. The standard InChI is InChI=1S/C18H18Cl2N2/c19-14-5-4-11(10-15(14)20)12-2-1-3-17-18(12)13-6-8-21-9-7-16(13)22-17/h1-5,10,13,16,21-22H,6-9H2/t13-,16-/m0/s1. The van der Waals surface area contributed by atoms with E-state index in [1.54, 1.807) is 0 Å². The van der Waals surface area contributed by atoms with Crippen molar-refractivity contribution in [2.45, 2.75) is 24.8 Å². The van der Waals surface area contributed by atoms with Gasteiger partial charge in [-0.05, 0) is 60.8 Å². The lowest BCUT2D eigenvalue weighted by atomic mass is 9.86. The molecule has 0 unspecified atom stereocenters. The molecule has 0 radical (unpaired) electrons. The zero-order valence-corrected chi connectivity index (χ0v) is 13.7. The summed E-state index contributed by atoms with van der Waals surface area (Å²) in [7, 11) is 0. The molecule has 0 aromatic heterocycles. The van der Waals surface area contributed by atoms with Crippen molar-refractivity contribution in [3.63, 3.8) is 0 Å². The Bertz CT molecular complexity index is 714. The number of fused-ring (bicyclic) bond motifs is 3. The predicted octanol–water partition coefficient (Wildman–Crippen LogP) is 4.92. The molecule has 2 nitrogen and oxygen atoms in total. The van der Waals surface area contributed by atoms with Gasteiger partial charge in [-0.1, -0.05) is 41.4 Å². The number of halogens is 2. The lowest BCUT2D eigenvalue weighted by molar-refractivity contribution is 0.579. The van der Waals surface area contributed by atoms with E-state index in [2.05, 4.69) is 34.9 Å². The first-order valence-corrected chi connectivity index (χ1v) is 8.55. The highest BCUT2D eigenvalue weighted by molar-refractivity contribution is 6.42. The monoisotopic (exact) mass is 332 g/mol. The van der Waals surface area contributed by atoms with Crippen molar-refractivity contribution in [1.82, 2.24) is 5.32 Å². The normalized spacial score (nSPS) is 23.4. The SMILES string of the molecule is Clc1ccc(-c2cccc3c2[C@H]2CCNCC[C@@H]2N3)cc1Cl. The Kier molecular flexibility index (Phi) is 3.77. The molecule has 2 atom stereocenters. The van der Waals surface area contributed by atoms with Crippen LogP contribution in [0.3, 0.4) is 0 Å². The summed E-state index contributed by atoms with van der Waals surface area (Å²) in [4.78, 5) is 0. The second kappa shape index (κ2) is 5.77. The van der Waals surface area contributed by atoms with Crippen molar-refractivity contribution in [1.29, 1.82) is 0 Å². The van der Waals surface area contributed by atoms with Crippen molar-refractivity contribution in [2.24, 2.45) is 0 Å². The van der Waals surface area contributed by atoms with Crippen molar-refractivity contribution in [3.8, 4) is 11.1 Å². The first-order valence-electron chi connectivity index (χ1n) is 7.79. The predicted molar refractivity (Wildman–Crippen MR) is 94.2 cm³/mol. The molecule has 2 aliphatic heterocycles. The van der Waals surface area contributed by atoms with Gasteiger partial charge in [0.1, 0.15) is 0 Å². The van der Waals surface area contributed by atoms with E-state index in [1.807, 2.05) is 12.1 Å². The van der Waals surface area contributed by atoms with E-state index in [1.165, 1.54) is 29.7 Å². The van der Waals surface area contributed by atoms with Crippen LogP contribution in [0.1, 0.15) is 24.3 Å². The third-order valence-electron chi connectivity index (χ3n) is 4.80. The van der Waals surface area contributed by atoms with Gasteiger partial charge in [-0.25, -0.2) is 0 Å². The fourth-order valence-corrected chi connectivity index (χ4v) is 4.06. The van der Waals surface area contributed by atoms with Crippen LogP contribution in [-0.2, 0) is 0 Å². The molecule has 4 rings (SSSR count). The van der Waals surface area contributed by atoms with Gasteiger partial charge in [-0.2, -0.15) is 0 Å². The van der Waals surface area contributed by atoms with Gasteiger partial charge in [0.2, 0.25) is 0 Å². The quantitative estimate of drug-likeness (QED) is 0.774. The second-order valence-electron chi connectivity index (χ2n) is 6.08. The van der Waals surface area contributed by atoms with Crippen LogP contribution in [0.25, 0.3) is 11.1 Å². The summed E-state index contributed by atoms with van der Waals surface area (Å²) in [5.41, 5.74) is 5.14. The molecular weight excluding hydrogens is 315 g/mol. The average Bonchev–Trinajstić information content (AvgIpc) is 2.72. The zero-order valence-electron chi connectivity index (χ0n) is 12.2. The van der Waals surface area contributed by atoms with E-state index in [4.69, 9.17) is 23.2 Å². The summed E-state index contributed by atoms with van der Waals surface area (Å²) in [6.45, 7) is 2.17. The van der Waals surface area contributed by atoms with Crippen LogP contribution in [0.15, 0.2) is 36.4 Å². The van der Waals surface area contributed by atoms with Crippen LogP contribution in [-0.4, -0.2) is 19.1 Å². The van der Waals surface area contributed by atoms with Crippen molar-refractivity contribution < 1.29 is 0 Å². The minimum atomic E-state index is 0.536. The average molecular weight is 333 g/mol. The third-order valence-corrected chi connectivity index (χ3v) is 5.54. The third kappa shape index (κ3) is 2.40. The number of nitrogens with one attached hydrogen (secondary N) is 2.